The van der Waals surface area contributed by atoms with E-state index in [1.165, 1.54) is 44.5 Å². The maximum atomic E-state index is 3.30. The summed E-state index contributed by atoms with van der Waals surface area (Å²) in [6.45, 7) is 1.95. The monoisotopic (exact) mass is 520 g/mol. The minimum Gasteiger partial charge on any atom is -0.179 e. The first-order valence-electron chi connectivity index (χ1n) is 9.41. The van der Waals surface area contributed by atoms with E-state index in [0.717, 1.165) is 12.8 Å². The SMILES string of the molecule is [Cl-].[Cl-].[SiH2]=[Zr+2].[c-]1cccc2c1Cc1ccccc1-2.[c-]1cccc2c1Cc1ccccc1-2. The molecule has 0 heterocycles. The quantitative estimate of drug-likeness (QED) is 0.181. The van der Waals surface area contributed by atoms with Gasteiger partial charge in [0.25, 0.3) is 0 Å². The van der Waals surface area contributed by atoms with E-state index in [1.54, 1.807) is 23.3 Å². The van der Waals surface area contributed by atoms with Gasteiger partial charge >= 0.3 is 30.2 Å². The van der Waals surface area contributed by atoms with Crippen molar-refractivity contribution in [3.63, 3.8) is 0 Å². The minimum absolute atomic E-state index is 0. The molecule has 4 heteroatoms. The van der Waals surface area contributed by atoms with Crippen LogP contribution in [0.15, 0.2) is 84.9 Å². The first-order valence-corrected chi connectivity index (χ1v) is 15.3. The summed E-state index contributed by atoms with van der Waals surface area (Å²) in [6.07, 6.45) is 2.10. The van der Waals surface area contributed by atoms with Gasteiger partial charge in [-0.3, -0.25) is 0 Å². The zero-order valence-corrected chi connectivity index (χ0v) is 21.8. The van der Waals surface area contributed by atoms with E-state index in [9.17, 15) is 0 Å². The Balaban J connectivity index is 0.000000186. The molecule has 6 rings (SSSR count). The molecule has 2 aliphatic carbocycles. The number of benzene rings is 4. The van der Waals surface area contributed by atoms with Crippen LogP contribution >= 0.6 is 0 Å². The second-order valence-electron chi connectivity index (χ2n) is 6.79. The van der Waals surface area contributed by atoms with Crippen LogP contribution in [0.3, 0.4) is 0 Å². The number of hydrogen-bond acceptors (Lipinski definition) is 0. The summed E-state index contributed by atoms with van der Waals surface area (Å²) in [5.41, 5.74) is 11.0. The van der Waals surface area contributed by atoms with E-state index in [2.05, 4.69) is 84.9 Å². The first-order chi connectivity index (χ1) is 13.9. The molecule has 2 aliphatic rings. The molecule has 0 bridgehead atoms. The molecule has 4 aromatic rings. The molecule has 0 radical (unpaired) electrons. The molecule has 0 unspecified atom stereocenters. The average molecular weight is 523 g/mol. The topological polar surface area (TPSA) is 0 Å². The molecule has 0 nitrogen and oxygen atoms in total. The number of hydrogen-bond donors (Lipinski definition) is 0. The molecule has 0 N–H and O–H groups in total. The summed E-state index contributed by atoms with van der Waals surface area (Å²) in [5.74, 6) is 0. The van der Waals surface area contributed by atoms with Crippen molar-refractivity contribution in [2.75, 3.05) is 0 Å². The summed E-state index contributed by atoms with van der Waals surface area (Å²) < 4.78 is 0. The second-order valence-corrected chi connectivity index (χ2v) is 6.79. The van der Waals surface area contributed by atoms with E-state index in [1.807, 2.05) is 19.0 Å². The number of fused-ring (bicyclic) bond motifs is 6. The molecule has 30 heavy (non-hydrogen) atoms. The van der Waals surface area contributed by atoms with Crippen molar-refractivity contribution < 1.29 is 48.1 Å². The Morgan fingerprint density at radius 3 is 1.33 bits per heavy atom. The van der Waals surface area contributed by atoms with E-state index in [-0.39, 0.29) is 24.8 Å². The molecule has 148 valence electrons. The predicted octanol–water partition coefficient (Wildman–Crippen LogP) is -0.795. The van der Waals surface area contributed by atoms with Gasteiger partial charge in [-0.15, -0.1) is 11.1 Å². The summed E-state index contributed by atoms with van der Waals surface area (Å²) in [7, 11) is 0. The Labute approximate surface area is 208 Å². The van der Waals surface area contributed by atoms with Gasteiger partial charge in [-0.2, -0.15) is 59.7 Å². The van der Waals surface area contributed by atoms with Gasteiger partial charge in [0.1, 0.15) is 0 Å². The maximum absolute atomic E-state index is 3.30. The maximum Gasteiger partial charge on any atom is -0.0253 e. The van der Waals surface area contributed by atoms with E-state index in [0.29, 0.717) is 0 Å². The van der Waals surface area contributed by atoms with Gasteiger partial charge in [0.15, 0.2) is 0 Å². The summed E-state index contributed by atoms with van der Waals surface area (Å²) in [5, 5.41) is 0. The van der Waals surface area contributed by atoms with Crippen molar-refractivity contribution in [1.82, 2.24) is 0 Å². The predicted molar refractivity (Wildman–Crippen MR) is 116 cm³/mol. The van der Waals surface area contributed by atoms with Crippen LogP contribution in [0.5, 0.6) is 0 Å². The fourth-order valence-electron chi connectivity index (χ4n) is 4.00. The van der Waals surface area contributed by atoms with Crippen LogP contribution in [-0.2, 0) is 36.2 Å². The van der Waals surface area contributed by atoms with Crippen LogP contribution in [0.1, 0.15) is 22.3 Å². The third-order valence-corrected chi connectivity index (χ3v) is 5.23. The third-order valence-electron chi connectivity index (χ3n) is 5.23. The molecule has 0 aromatic heterocycles. The Kier molecular flexibility index (Phi) is 9.78. The second kappa shape index (κ2) is 11.8. The van der Waals surface area contributed by atoms with Crippen LogP contribution < -0.4 is 24.8 Å². The third kappa shape index (κ3) is 5.06. The largest absolute Gasteiger partial charge is 0.179 e. The van der Waals surface area contributed by atoms with E-state index >= 15 is 0 Å². The van der Waals surface area contributed by atoms with Gasteiger partial charge in [-0.1, -0.05) is 70.8 Å². The molecule has 0 amide bonds. The number of rotatable bonds is 0. The van der Waals surface area contributed by atoms with Gasteiger partial charge in [0.05, 0.1) is 0 Å². The molecular formula is C26H20Cl2SiZr-2. The van der Waals surface area contributed by atoms with Crippen LogP contribution in [0.25, 0.3) is 22.3 Å². The molecule has 0 atom stereocenters. The smallest absolute Gasteiger partial charge is 0.0253 e. The van der Waals surface area contributed by atoms with Crippen molar-refractivity contribution >= 4 is 6.88 Å². The fraction of sp³-hybridized carbons (Fsp3) is 0.0769. The van der Waals surface area contributed by atoms with Gasteiger partial charge in [-0.25, -0.2) is 0 Å². The Hall–Kier alpha value is -1.44. The molecule has 0 fully saturated rings. The summed E-state index contributed by atoms with van der Waals surface area (Å²) in [6, 6.07) is 36.2. The van der Waals surface area contributed by atoms with Crippen molar-refractivity contribution in [2.24, 2.45) is 0 Å². The zero-order valence-electron chi connectivity index (χ0n) is 16.5. The van der Waals surface area contributed by atoms with E-state index in [4.69, 9.17) is 0 Å². The Morgan fingerprint density at radius 2 is 0.900 bits per heavy atom. The van der Waals surface area contributed by atoms with Crippen LogP contribution in [0.2, 0.25) is 0 Å². The van der Waals surface area contributed by atoms with Gasteiger partial charge < -0.3 is 24.8 Å². The van der Waals surface area contributed by atoms with Crippen LogP contribution in [0, 0.1) is 12.1 Å². The summed E-state index contributed by atoms with van der Waals surface area (Å²) >= 11 is 1.58. The van der Waals surface area contributed by atoms with Crippen molar-refractivity contribution in [1.29, 1.82) is 0 Å². The van der Waals surface area contributed by atoms with Gasteiger partial charge in [-0.05, 0) is 12.8 Å². The molecule has 0 saturated heterocycles. The number of halogens is 2. The standard InChI is InChI=1S/2C13H9.2ClH.H2Si.Zr/c2*1-3-7-12-10(5-1)9-11-6-2-4-8-13(11)12;;;;/h2*1-5,7-8H,9H2;2*1H;1H2;/q2*-1;;;;+2/p-2. The summed E-state index contributed by atoms with van der Waals surface area (Å²) in [4.78, 5) is 0. The molecule has 0 saturated carbocycles. The normalized spacial score (nSPS) is 10.9. The molecule has 0 aliphatic heterocycles. The molecule has 4 aromatic carbocycles. The van der Waals surface area contributed by atoms with Crippen molar-refractivity contribution in [2.45, 2.75) is 12.8 Å². The van der Waals surface area contributed by atoms with Crippen molar-refractivity contribution in [3.8, 4) is 22.3 Å². The average Bonchev–Trinajstić information content (AvgIpc) is 3.34. The Morgan fingerprint density at radius 1 is 0.533 bits per heavy atom. The van der Waals surface area contributed by atoms with Gasteiger partial charge in [0, 0.05) is 0 Å². The zero-order chi connectivity index (χ0) is 19.3. The van der Waals surface area contributed by atoms with Crippen LogP contribution in [-0.4, -0.2) is 6.88 Å². The first kappa shape index (κ1) is 24.8. The van der Waals surface area contributed by atoms with Crippen molar-refractivity contribution in [3.05, 3.63) is 119 Å². The van der Waals surface area contributed by atoms with Crippen LogP contribution in [0.4, 0.5) is 0 Å². The van der Waals surface area contributed by atoms with E-state index < -0.39 is 0 Å². The molecular weight excluding hydrogens is 503 g/mol. The molecule has 0 spiro atoms. The fourth-order valence-corrected chi connectivity index (χ4v) is 4.00. The minimum atomic E-state index is 0. The Bertz CT molecular complexity index is 951. The van der Waals surface area contributed by atoms with Gasteiger partial charge in [0.2, 0.25) is 0 Å².